The van der Waals surface area contributed by atoms with Crippen LogP contribution >= 0.6 is 11.6 Å². The molecule has 0 amide bonds. The summed E-state index contributed by atoms with van der Waals surface area (Å²) in [5.74, 6) is 0.336. The van der Waals surface area contributed by atoms with Crippen LogP contribution in [0.15, 0.2) is 30.3 Å². The summed E-state index contributed by atoms with van der Waals surface area (Å²) in [6.07, 6.45) is 0. The predicted octanol–water partition coefficient (Wildman–Crippen LogP) is 3.43. The number of H-pyrrole nitrogens is 1. The highest BCUT2D eigenvalue weighted by Crippen LogP contribution is 2.27. The molecule has 2 aromatic heterocycles. The van der Waals surface area contributed by atoms with Crippen LogP contribution in [0.3, 0.4) is 0 Å². The van der Waals surface area contributed by atoms with E-state index in [1.807, 2.05) is 0 Å². The minimum absolute atomic E-state index is 0.0588. The average Bonchev–Trinajstić information content (AvgIpc) is 2.84. The number of halogens is 2. The Bertz CT molecular complexity index is 757. The van der Waals surface area contributed by atoms with Crippen LogP contribution in [0.2, 0.25) is 5.02 Å². The van der Waals surface area contributed by atoms with E-state index in [0.717, 1.165) is 0 Å². The Morgan fingerprint density at radius 2 is 2.05 bits per heavy atom. The van der Waals surface area contributed by atoms with E-state index in [1.165, 1.54) is 13.2 Å². The van der Waals surface area contributed by atoms with Crippen molar-refractivity contribution >= 4 is 22.8 Å². The lowest BCUT2D eigenvalue weighted by Gasteiger charge is -1.99. The lowest BCUT2D eigenvalue weighted by atomic mass is 10.2. The van der Waals surface area contributed by atoms with Gasteiger partial charge in [-0.2, -0.15) is 4.98 Å². The van der Waals surface area contributed by atoms with E-state index >= 15 is 0 Å². The number of benzene rings is 1. The highest BCUT2D eigenvalue weighted by Gasteiger charge is 2.13. The van der Waals surface area contributed by atoms with E-state index in [1.54, 1.807) is 24.3 Å². The zero-order chi connectivity index (χ0) is 13.4. The molecule has 19 heavy (non-hydrogen) atoms. The van der Waals surface area contributed by atoms with Gasteiger partial charge in [0, 0.05) is 6.07 Å². The van der Waals surface area contributed by atoms with Crippen LogP contribution in [-0.2, 0) is 0 Å². The Kier molecular flexibility index (Phi) is 2.83. The third kappa shape index (κ3) is 2.02. The second kappa shape index (κ2) is 4.51. The summed E-state index contributed by atoms with van der Waals surface area (Å²) < 4.78 is 18.9. The zero-order valence-electron chi connectivity index (χ0n) is 9.95. The summed E-state index contributed by atoms with van der Waals surface area (Å²) in [6.45, 7) is 0. The first-order valence-electron chi connectivity index (χ1n) is 5.54. The number of fused-ring (bicyclic) bond motifs is 1. The van der Waals surface area contributed by atoms with Crippen LogP contribution < -0.4 is 4.74 Å². The molecular weight excluding hydrogens is 269 g/mol. The summed E-state index contributed by atoms with van der Waals surface area (Å²) in [4.78, 5) is 11.4. The fourth-order valence-electron chi connectivity index (χ4n) is 1.80. The molecule has 0 unspecified atom stereocenters. The number of rotatable bonds is 2. The molecule has 0 atom stereocenters. The molecule has 0 aliphatic carbocycles. The van der Waals surface area contributed by atoms with Gasteiger partial charge < -0.3 is 9.72 Å². The van der Waals surface area contributed by atoms with Gasteiger partial charge in [-0.25, -0.2) is 9.37 Å². The molecular formula is C13H9ClFN3O. The van der Waals surface area contributed by atoms with Gasteiger partial charge in [-0.15, -0.1) is 0 Å². The van der Waals surface area contributed by atoms with E-state index in [0.29, 0.717) is 28.4 Å². The van der Waals surface area contributed by atoms with Crippen molar-refractivity contribution in [3.8, 4) is 17.3 Å². The van der Waals surface area contributed by atoms with Crippen LogP contribution in [0.25, 0.3) is 22.6 Å². The maximum atomic E-state index is 13.9. The van der Waals surface area contributed by atoms with Gasteiger partial charge in [-0.05, 0) is 18.2 Å². The number of hydrogen-bond acceptors (Lipinski definition) is 3. The fraction of sp³-hybridized carbons (Fsp3) is 0.0769. The van der Waals surface area contributed by atoms with Crippen molar-refractivity contribution in [2.45, 2.75) is 0 Å². The van der Waals surface area contributed by atoms with Crippen molar-refractivity contribution in [1.82, 2.24) is 15.0 Å². The molecule has 0 bridgehead atoms. The number of nitrogens with zero attached hydrogens (tertiary/aromatic N) is 2. The van der Waals surface area contributed by atoms with Crippen molar-refractivity contribution in [1.29, 1.82) is 0 Å². The molecule has 1 N–H and O–H groups in total. The van der Waals surface area contributed by atoms with Crippen molar-refractivity contribution in [2.24, 2.45) is 0 Å². The second-order valence-corrected chi connectivity index (χ2v) is 4.32. The molecule has 0 saturated carbocycles. The molecule has 0 fully saturated rings. The van der Waals surface area contributed by atoms with Gasteiger partial charge in [0.25, 0.3) is 0 Å². The first-order chi connectivity index (χ1) is 9.19. The zero-order valence-corrected chi connectivity index (χ0v) is 10.7. The monoisotopic (exact) mass is 277 g/mol. The number of ether oxygens (including phenoxy) is 1. The van der Waals surface area contributed by atoms with Crippen LogP contribution in [0.4, 0.5) is 4.39 Å². The number of hydrogen-bond donors (Lipinski definition) is 1. The normalized spacial score (nSPS) is 10.9. The largest absolute Gasteiger partial charge is 0.481 e. The standard InChI is InChI=1S/C13H9ClFN3O/c1-19-10-6-5-9-13(17-10)18-12(16-9)7-3-2-4-8(14)11(7)15/h2-6H,1H3,(H,16,17,18). The number of methoxy groups -OCH3 is 1. The molecule has 96 valence electrons. The summed E-state index contributed by atoms with van der Waals surface area (Å²) in [5, 5.41) is 0.0588. The highest BCUT2D eigenvalue weighted by molar-refractivity contribution is 6.31. The Hall–Kier alpha value is -2.14. The first-order valence-corrected chi connectivity index (χ1v) is 5.92. The number of aromatic nitrogens is 3. The molecule has 0 radical (unpaired) electrons. The van der Waals surface area contributed by atoms with Gasteiger partial charge in [0.2, 0.25) is 5.88 Å². The van der Waals surface area contributed by atoms with Gasteiger partial charge in [0.1, 0.15) is 5.82 Å². The molecule has 0 saturated heterocycles. The third-order valence-electron chi connectivity index (χ3n) is 2.74. The lowest BCUT2D eigenvalue weighted by molar-refractivity contribution is 0.399. The maximum absolute atomic E-state index is 13.9. The van der Waals surface area contributed by atoms with E-state index in [2.05, 4.69) is 15.0 Å². The minimum Gasteiger partial charge on any atom is -0.481 e. The van der Waals surface area contributed by atoms with Crippen molar-refractivity contribution in [3.63, 3.8) is 0 Å². The first kappa shape index (κ1) is 11.9. The van der Waals surface area contributed by atoms with E-state index < -0.39 is 5.82 Å². The quantitative estimate of drug-likeness (QED) is 0.781. The molecule has 0 aliphatic heterocycles. The van der Waals surface area contributed by atoms with E-state index in [-0.39, 0.29) is 5.02 Å². The molecule has 0 aliphatic rings. The van der Waals surface area contributed by atoms with Gasteiger partial charge >= 0.3 is 0 Å². The molecule has 0 spiro atoms. The Morgan fingerprint density at radius 3 is 2.84 bits per heavy atom. The summed E-state index contributed by atoms with van der Waals surface area (Å²) >= 11 is 5.76. The molecule has 1 aromatic carbocycles. The number of imidazole rings is 1. The smallest absolute Gasteiger partial charge is 0.215 e. The lowest BCUT2D eigenvalue weighted by Crippen LogP contribution is -1.87. The number of nitrogens with one attached hydrogen (secondary N) is 1. The SMILES string of the molecule is COc1ccc2[nH]c(-c3cccc(Cl)c3F)nc2n1. The van der Waals surface area contributed by atoms with Crippen molar-refractivity contribution in [2.75, 3.05) is 7.11 Å². The fourth-order valence-corrected chi connectivity index (χ4v) is 1.98. The Morgan fingerprint density at radius 1 is 1.21 bits per heavy atom. The summed E-state index contributed by atoms with van der Waals surface area (Å²) in [5.41, 5.74) is 1.48. The molecule has 4 nitrogen and oxygen atoms in total. The van der Waals surface area contributed by atoms with Gasteiger partial charge in [0.15, 0.2) is 11.5 Å². The van der Waals surface area contributed by atoms with Crippen LogP contribution in [0.5, 0.6) is 5.88 Å². The Balaban J connectivity index is 2.18. The van der Waals surface area contributed by atoms with Crippen molar-refractivity contribution in [3.05, 3.63) is 41.2 Å². The maximum Gasteiger partial charge on any atom is 0.215 e. The summed E-state index contributed by atoms with van der Waals surface area (Å²) in [7, 11) is 1.53. The number of aromatic amines is 1. The van der Waals surface area contributed by atoms with Gasteiger partial charge in [-0.1, -0.05) is 17.7 Å². The van der Waals surface area contributed by atoms with Crippen LogP contribution in [0, 0.1) is 5.82 Å². The molecule has 3 aromatic rings. The van der Waals surface area contributed by atoms with Crippen molar-refractivity contribution < 1.29 is 9.13 Å². The Labute approximate surface area is 113 Å². The highest BCUT2D eigenvalue weighted by atomic mass is 35.5. The van der Waals surface area contributed by atoms with Crippen LogP contribution in [0.1, 0.15) is 0 Å². The molecule has 2 heterocycles. The predicted molar refractivity (Wildman–Crippen MR) is 70.8 cm³/mol. The molecule has 3 rings (SSSR count). The van der Waals surface area contributed by atoms with Gasteiger partial charge in [0.05, 0.1) is 23.2 Å². The van der Waals surface area contributed by atoms with E-state index in [4.69, 9.17) is 16.3 Å². The number of pyridine rings is 1. The summed E-state index contributed by atoms with van der Waals surface area (Å²) in [6, 6.07) is 8.25. The third-order valence-corrected chi connectivity index (χ3v) is 3.03. The minimum atomic E-state index is -0.504. The van der Waals surface area contributed by atoms with Gasteiger partial charge in [-0.3, -0.25) is 0 Å². The molecule has 6 heteroatoms. The second-order valence-electron chi connectivity index (χ2n) is 3.91. The average molecular weight is 278 g/mol. The van der Waals surface area contributed by atoms with E-state index in [9.17, 15) is 4.39 Å². The van der Waals surface area contributed by atoms with Crippen LogP contribution in [-0.4, -0.2) is 22.1 Å². The topological polar surface area (TPSA) is 50.8 Å².